The Morgan fingerprint density at radius 2 is 1.64 bits per heavy atom. The Morgan fingerprint density at radius 3 is 2.20 bits per heavy atom. The number of carbonyl (C=O) groups excluding carboxylic acids is 1. The minimum Gasteiger partial charge on any atom is -0.465 e. The Bertz CT molecular complexity index is 942. The number of nitrogens with one attached hydrogen (secondary N) is 1. The molecule has 0 saturated heterocycles. The quantitative estimate of drug-likeness (QED) is 0.680. The van der Waals surface area contributed by atoms with Crippen LogP contribution in [0, 0.1) is 34.0 Å². The average Bonchev–Trinajstić information content (AvgIpc) is 2.67. The molecule has 0 heterocycles. The SMILES string of the molecule is COC(=O)c1cccc(NC(C#N)=C(C#N)C#N)c1-c1ccccc1. The van der Waals surface area contributed by atoms with Gasteiger partial charge in [0.25, 0.3) is 0 Å². The van der Waals surface area contributed by atoms with Gasteiger partial charge in [0.15, 0.2) is 5.57 Å². The first-order chi connectivity index (χ1) is 12.2. The molecule has 6 nitrogen and oxygen atoms in total. The molecule has 25 heavy (non-hydrogen) atoms. The number of rotatable bonds is 4. The Hall–Kier alpha value is -4.08. The van der Waals surface area contributed by atoms with E-state index in [1.54, 1.807) is 48.5 Å². The third kappa shape index (κ3) is 3.64. The van der Waals surface area contributed by atoms with E-state index in [0.717, 1.165) is 5.56 Å². The van der Waals surface area contributed by atoms with Crippen LogP contribution in [-0.4, -0.2) is 13.1 Å². The maximum Gasteiger partial charge on any atom is 0.338 e. The molecular weight excluding hydrogens is 316 g/mol. The monoisotopic (exact) mass is 328 g/mol. The normalized spacial score (nSPS) is 9.04. The summed E-state index contributed by atoms with van der Waals surface area (Å²) in [7, 11) is 1.28. The van der Waals surface area contributed by atoms with Crippen LogP contribution in [0.5, 0.6) is 0 Å². The lowest BCUT2D eigenvalue weighted by molar-refractivity contribution is 0.0601. The lowest BCUT2D eigenvalue weighted by Crippen LogP contribution is -2.08. The second kappa shape index (κ2) is 7.97. The average molecular weight is 328 g/mol. The van der Waals surface area contributed by atoms with Crippen LogP contribution in [0.15, 0.2) is 59.8 Å². The Kier molecular flexibility index (Phi) is 5.50. The van der Waals surface area contributed by atoms with E-state index >= 15 is 0 Å². The number of carbonyl (C=O) groups is 1. The molecule has 0 fully saturated rings. The van der Waals surface area contributed by atoms with Gasteiger partial charge >= 0.3 is 5.97 Å². The van der Waals surface area contributed by atoms with E-state index in [0.29, 0.717) is 16.8 Å². The molecule has 0 unspecified atom stereocenters. The zero-order valence-electron chi connectivity index (χ0n) is 13.3. The van der Waals surface area contributed by atoms with Crippen LogP contribution in [0.25, 0.3) is 11.1 Å². The topological polar surface area (TPSA) is 110 Å². The molecule has 2 aromatic rings. The van der Waals surface area contributed by atoms with Gasteiger partial charge in [-0.05, 0) is 17.7 Å². The van der Waals surface area contributed by atoms with Gasteiger partial charge in [0.2, 0.25) is 0 Å². The van der Waals surface area contributed by atoms with Crippen molar-refractivity contribution in [1.29, 1.82) is 15.8 Å². The number of methoxy groups -OCH3 is 1. The largest absolute Gasteiger partial charge is 0.465 e. The standard InChI is InChI=1S/C19H12N4O2/c1-25-19(24)15-8-5-9-16(18(15)13-6-3-2-4-7-13)23-17(12-22)14(10-20)11-21/h2-9,23H,1H3. The molecule has 1 N–H and O–H groups in total. The summed E-state index contributed by atoms with van der Waals surface area (Å²) in [4.78, 5) is 12.1. The van der Waals surface area contributed by atoms with Crippen LogP contribution < -0.4 is 5.32 Å². The summed E-state index contributed by atoms with van der Waals surface area (Å²) in [6.07, 6.45) is 0. The van der Waals surface area contributed by atoms with Crippen molar-refractivity contribution >= 4 is 11.7 Å². The highest BCUT2D eigenvalue weighted by Gasteiger charge is 2.18. The maximum absolute atomic E-state index is 12.1. The fourth-order valence-corrected chi connectivity index (χ4v) is 2.27. The van der Waals surface area contributed by atoms with Gasteiger partial charge in [-0.15, -0.1) is 0 Å². The Labute approximate surface area is 144 Å². The number of allylic oxidation sites excluding steroid dienone is 2. The number of hydrogen-bond donors (Lipinski definition) is 1. The van der Waals surface area contributed by atoms with E-state index in [-0.39, 0.29) is 11.3 Å². The molecular formula is C19H12N4O2. The summed E-state index contributed by atoms with van der Waals surface area (Å²) >= 11 is 0. The molecule has 6 heteroatoms. The molecule has 0 radical (unpaired) electrons. The lowest BCUT2D eigenvalue weighted by Gasteiger charge is -2.15. The van der Waals surface area contributed by atoms with E-state index in [4.69, 9.17) is 15.3 Å². The first kappa shape index (κ1) is 17.3. The van der Waals surface area contributed by atoms with Gasteiger partial charge in [-0.3, -0.25) is 0 Å². The summed E-state index contributed by atoms with van der Waals surface area (Å²) in [5.74, 6) is -0.536. The predicted molar refractivity (Wildman–Crippen MR) is 90.7 cm³/mol. The first-order valence-electron chi connectivity index (χ1n) is 7.14. The number of anilines is 1. The van der Waals surface area contributed by atoms with Crippen LogP contribution in [-0.2, 0) is 4.74 Å². The highest BCUT2D eigenvalue weighted by Crippen LogP contribution is 2.33. The van der Waals surface area contributed by atoms with Crippen LogP contribution >= 0.6 is 0 Å². The molecule has 0 aromatic heterocycles. The number of nitrogens with zero attached hydrogens (tertiary/aromatic N) is 3. The maximum atomic E-state index is 12.1. The predicted octanol–water partition coefficient (Wildman–Crippen LogP) is 3.38. The molecule has 0 bridgehead atoms. The Balaban J connectivity index is 2.70. The van der Waals surface area contributed by atoms with E-state index in [2.05, 4.69) is 5.32 Å². The number of hydrogen-bond acceptors (Lipinski definition) is 6. The minimum atomic E-state index is -0.536. The van der Waals surface area contributed by atoms with Crippen LogP contribution in [0.4, 0.5) is 5.69 Å². The fraction of sp³-hybridized carbons (Fsp3) is 0.0526. The number of ether oxygens (including phenoxy) is 1. The summed E-state index contributed by atoms with van der Waals surface area (Å²) in [6.45, 7) is 0. The van der Waals surface area contributed by atoms with Crippen molar-refractivity contribution in [2.45, 2.75) is 0 Å². The van der Waals surface area contributed by atoms with Crippen molar-refractivity contribution in [3.63, 3.8) is 0 Å². The van der Waals surface area contributed by atoms with Crippen molar-refractivity contribution in [1.82, 2.24) is 0 Å². The first-order valence-corrected chi connectivity index (χ1v) is 7.14. The van der Waals surface area contributed by atoms with E-state index < -0.39 is 5.97 Å². The number of nitriles is 3. The van der Waals surface area contributed by atoms with Gasteiger partial charge in [0.1, 0.15) is 23.9 Å². The Morgan fingerprint density at radius 1 is 0.960 bits per heavy atom. The van der Waals surface area contributed by atoms with Gasteiger partial charge in [0, 0.05) is 11.3 Å². The van der Waals surface area contributed by atoms with Gasteiger partial charge in [-0.25, -0.2) is 4.79 Å². The molecule has 2 rings (SSSR count). The molecule has 0 saturated carbocycles. The van der Waals surface area contributed by atoms with Gasteiger partial charge < -0.3 is 10.1 Å². The van der Waals surface area contributed by atoms with Crippen molar-refractivity contribution in [3.8, 4) is 29.3 Å². The summed E-state index contributed by atoms with van der Waals surface area (Å²) in [5, 5.41) is 30.0. The zero-order valence-corrected chi connectivity index (χ0v) is 13.3. The van der Waals surface area contributed by atoms with Crippen molar-refractivity contribution < 1.29 is 9.53 Å². The van der Waals surface area contributed by atoms with Crippen molar-refractivity contribution in [2.24, 2.45) is 0 Å². The van der Waals surface area contributed by atoms with Crippen LogP contribution in [0.3, 0.4) is 0 Å². The highest BCUT2D eigenvalue weighted by atomic mass is 16.5. The van der Waals surface area contributed by atoms with Crippen LogP contribution in [0.2, 0.25) is 0 Å². The van der Waals surface area contributed by atoms with Gasteiger partial charge in [0.05, 0.1) is 12.7 Å². The van der Waals surface area contributed by atoms with Crippen LogP contribution in [0.1, 0.15) is 10.4 Å². The molecule has 0 aliphatic rings. The van der Waals surface area contributed by atoms with Crippen molar-refractivity contribution in [2.75, 3.05) is 12.4 Å². The van der Waals surface area contributed by atoms with E-state index in [1.165, 1.54) is 7.11 Å². The number of benzene rings is 2. The molecule has 120 valence electrons. The smallest absolute Gasteiger partial charge is 0.338 e. The molecule has 2 aromatic carbocycles. The van der Waals surface area contributed by atoms with Gasteiger partial charge in [-0.1, -0.05) is 36.4 Å². The second-order valence-electron chi connectivity index (χ2n) is 4.80. The third-order valence-corrected chi connectivity index (χ3v) is 3.38. The molecule has 0 amide bonds. The van der Waals surface area contributed by atoms with Gasteiger partial charge in [-0.2, -0.15) is 15.8 Å². The summed E-state index contributed by atoms with van der Waals surface area (Å²) in [6, 6.07) is 19.1. The molecule has 0 atom stereocenters. The van der Waals surface area contributed by atoms with E-state index in [9.17, 15) is 10.1 Å². The fourth-order valence-electron chi connectivity index (χ4n) is 2.27. The summed E-state index contributed by atoms with van der Waals surface area (Å²) < 4.78 is 4.83. The second-order valence-corrected chi connectivity index (χ2v) is 4.80. The minimum absolute atomic E-state index is 0.191. The highest BCUT2D eigenvalue weighted by molar-refractivity contribution is 6.01. The lowest BCUT2D eigenvalue weighted by atomic mass is 9.97. The van der Waals surface area contributed by atoms with Crippen molar-refractivity contribution in [3.05, 3.63) is 65.4 Å². The zero-order chi connectivity index (χ0) is 18.2. The molecule has 0 spiro atoms. The number of esters is 1. The van der Waals surface area contributed by atoms with E-state index in [1.807, 2.05) is 18.2 Å². The summed E-state index contributed by atoms with van der Waals surface area (Å²) in [5.41, 5.74) is 1.41. The third-order valence-electron chi connectivity index (χ3n) is 3.38. The molecule has 0 aliphatic carbocycles. The molecule has 0 aliphatic heterocycles.